The summed E-state index contributed by atoms with van der Waals surface area (Å²) in [7, 11) is 1.88. The molecule has 0 radical (unpaired) electrons. The maximum atomic E-state index is 5.26. The average molecular weight is 239 g/mol. The molecule has 0 aliphatic rings. The van der Waals surface area contributed by atoms with Gasteiger partial charge in [-0.3, -0.25) is 4.98 Å². The second-order valence-corrected chi connectivity index (χ2v) is 3.47. The molecule has 0 aromatic carbocycles. The van der Waals surface area contributed by atoms with Crippen LogP contribution in [-0.4, -0.2) is 12.0 Å². The monoisotopic (exact) mass is 238 g/mol. The van der Waals surface area contributed by atoms with Crippen molar-refractivity contribution in [2.24, 2.45) is 0 Å². The van der Waals surface area contributed by atoms with E-state index in [9.17, 15) is 0 Å². The third-order valence-electron chi connectivity index (χ3n) is 1.79. The van der Waals surface area contributed by atoms with E-state index in [1.165, 1.54) is 0 Å². The minimum atomic E-state index is 0.126. The smallest absolute Gasteiger partial charge is 0.0724 e. The summed E-state index contributed by atoms with van der Waals surface area (Å²) in [4.78, 5) is 4.26. The van der Waals surface area contributed by atoms with Crippen molar-refractivity contribution >= 4 is 15.9 Å². The van der Waals surface area contributed by atoms with E-state index in [4.69, 9.17) is 6.42 Å². The van der Waals surface area contributed by atoms with Gasteiger partial charge in [0.25, 0.3) is 0 Å². The third kappa shape index (κ3) is 2.55. The molecule has 0 saturated carbocycles. The molecule has 3 heteroatoms. The van der Waals surface area contributed by atoms with Gasteiger partial charge in [-0.2, -0.15) is 0 Å². The molecule has 1 unspecified atom stereocenters. The number of pyridine rings is 1. The van der Waals surface area contributed by atoms with E-state index in [1.807, 2.05) is 19.2 Å². The van der Waals surface area contributed by atoms with Crippen molar-refractivity contribution in [3.05, 3.63) is 28.5 Å². The van der Waals surface area contributed by atoms with Crippen LogP contribution in [0.5, 0.6) is 0 Å². The van der Waals surface area contributed by atoms with Crippen LogP contribution in [0, 0.1) is 12.3 Å². The molecular weight excluding hydrogens is 228 g/mol. The number of nitrogens with one attached hydrogen (secondary N) is 1. The Morgan fingerprint density at radius 3 is 3.08 bits per heavy atom. The lowest BCUT2D eigenvalue weighted by Gasteiger charge is -2.13. The molecule has 0 fully saturated rings. The number of hydrogen-bond donors (Lipinski definition) is 1. The molecule has 68 valence electrons. The van der Waals surface area contributed by atoms with Gasteiger partial charge in [-0.15, -0.1) is 12.3 Å². The van der Waals surface area contributed by atoms with Gasteiger partial charge in [-0.25, -0.2) is 0 Å². The Kier molecular flexibility index (Phi) is 3.94. The first kappa shape index (κ1) is 10.2. The highest BCUT2D eigenvalue weighted by molar-refractivity contribution is 9.10. The first-order valence-corrected chi connectivity index (χ1v) is 4.80. The van der Waals surface area contributed by atoms with Crippen LogP contribution in [0.1, 0.15) is 18.2 Å². The Morgan fingerprint density at radius 2 is 2.54 bits per heavy atom. The van der Waals surface area contributed by atoms with Crippen molar-refractivity contribution in [2.75, 3.05) is 7.05 Å². The van der Waals surface area contributed by atoms with Gasteiger partial charge in [0, 0.05) is 17.1 Å². The molecule has 0 aliphatic carbocycles. The van der Waals surface area contributed by atoms with E-state index in [0.29, 0.717) is 6.42 Å². The Hall–Kier alpha value is -0.850. The lowest BCUT2D eigenvalue weighted by Crippen LogP contribution is -2.17. The molecule has 1 rings (SSSR count). The van der Waals surface area contributed by atoms with Crippen molar-refractivity contribution in [3.63, 3.8) is 0 Å². The predicted octanol–water partition coefficient (Wildman–Crippen LogP) is 2.13. The fourth-order valence-electron chi connectivity index (χ4n) is 1.11. The van der Waals surface area contributed by atoms with Gasteiger partial charge < -0.3 is 5.32 Å². The summed E-state index contributed by atoms with van der Waals surface area (Å²) in [6.45, 7) is 0. The lowest BCUT2D eigenvalue weighted by molar-refractivity contribution is 0.591. The topological polar surface area (TPSA) is 24.9 Å². The Bertz CT molecular complexity index is 317. The van der Waals surface area contributed by atoms with Crippen molar-refractivity contribution in [1.29, 1.82) is 0 Å². The van der Waals surface area contributed by atoms with Gasteiger partial charge >= 0.3 is 0 Å². The van der Waals surface area contributed by atoms with Crippen LogP contribution in [0.25, 0.3) is 0 Å². The predicted molar refractivity (Wildman–Crippen MR) is 57.2 cm³/mol. The van der Waals surface area contributed by atoms with Gasteiger partial charge in [0.1, 0.15) is 0 Å². The highest BCUT2D eigenvalue weighted by Gasteiger charge is 2.11. The zero-order valence-corrected chi connectivity index (χ0v) is 9.01. The Balaban J connectivity index is 2.92. The van der Waals surface area contributed by atoms with Crippen LogP contribution in [0.2, 0.25) is 0 Å². The molecule has 1 N–H and O–H groups in total. The van der Waals surface area contributed by atoms with E-state index in [0.717, 1.165) is 10.2 Å². The summed E-state index contributed by atoms with van der Waals surface area (Å²) in [5, 5.41) is 3.13. The summed E-state index contributed by atoms with van der Waals surface area (Å²) >= 11 is 3.44. The van der Waals surface area contributed by atoms with E-state index in [-0.39, 0.29) is 6.04 Å². The summed E-state index contributed by atoms with van der Waals surface area (Å²) in [6.07, 6.45) is 7.67. The summed E-state index contributed by atoms with van der Waals surface area (Å²) in [5.74, 6) is 2.62. The maximum absolute atomic E-state index is 5.26. The van der Waals surface area contributed by atoms with Crippen LogP contribution >= 0.6 is 15.9 Å². The van der Waals surface area contributed by atoms with Crippen LogP contribution in [0.4, 0.5) is 0 Å². The molecule has 1 atom stereocenters. The van der Waals surface area contributed by atoms with Gasteiger partial charge in [0.05, 0.1) is 11.7 Å². The Morgan fingerprint density at radius 1 is 1.77 bits per heavy atom. The van der Waals surface area contributed by atoms with Gasteiger partial charge in [-0.1, -0.05) is 0 Å². The minimum absolute atomic E-state index is 0.126. The summed E-state index contributed by atoms with van der Waals surface area (Å²) in [5.41, 5.74) is 0.961. The number of hydrogen-bond acceptors (Lipinski definition) is 2. The molecule has 0 amide bonds. The second kappa shape index (κ2) is 5.00. The standard InChI is InChI=1S/C10H11BrN2/c1-3-5-9(12-2)10-8(11)6-4-7-13-10/h1,4,6-7,9,12H,5H2,2H3. The second-order valence-electron chi connectivity index (χ2n) is 2.62. The normalized spacial score (nSPS) is 12.1. The van der Waals surface area contributed by atoms with E-state index in [1.54, 1.807) is 6.20 Å². The Labute approximate surface area is 86.9 Å². The SMILES string of the molecule is C#CCC(NC)c1ncccc1Br. The first-order chi connectivity index (χ1) is 6.29. The molecule has 2 nitrogen and oxygen atoms in total. The van der Waals surface area contributed by atoms with Crippen molar-refractivity contribution < 1.29 is 0 Å². The van der Waals surface area contributed by atoms with Crippen LogP contribution in [0.15, 0.2) is 22.8 Å². The van der Waals surface area contributed by atoms with Gasteiger partial charge in [-0.05, 0) is 35.1 Å². The number of terminal acetylenes is 1. The van der Waals surface area contributed by atoms with Crippen LogP contribution < -0.4 is 5.32 Å². The van der Waals surface area contributed by atoms with Gasteiger partial charge in [0.15, 0.2) is 0 Å². The molecule has 0 spiro atoms. The fourth-order valence-corrected chi connectivity index (χ4v) is 1.64. The minimum Gasteiger partial charge on any atom is -0.311 e. The molecule has 13 heavy (non-hydrogen) atoms. The largest absolute Gasteiger partial charge is 0.311 e. The molecule has 1 aromatic heterocycles. The molecular formula is C10H11BrN2. The van der Waals surface area contributed by atoms with Crippen LogP contribution in [0.3, 0.4) is 0 Å². The fraction of sp³-hybridized carbons (Fsp3) is 0.300. The molecule has 1 heterocycles. The molecule has 1 aromatic rings. The quantitative estimate of drug-likeness (QED) is 0.817. The zero-order valence-electron chi connectivity index (χ0n) is 7.42. The number of rotatable bonds is 3. The summed E-state index contributed by atoms with van der Waals surface area (Å²) in [6, 6.07) is 3.97. The molecule has 0 aliphatic heterocycles. The highest BCUT2D eigenvalue weighted by Crippen LogP contribution is 2.22. The molecule has 0 bridgehead atoms. The van der Waals surface area contributed by atoms with Gasteiger partial charge in [0.2, 0.25) is 0 Å². The van der Waals surface area contributed by atoms with Crippen molar-refractivity contribution in [3.8, 4) is 12.3 Å². The highest BCUT2D eigenvalue weighted by atomic mass is 79.9. The van der Waals surface area contributed by atoms with E-state index >= 15 is 0 Å². The van der Waals surface area contributed by atoms with E-state index in [2.05, 4.69) is 32.2 Å². The average Bonchev–Trinajstić information content (AvgIpc) is 2.16. The third-order valence-corrected chi connectivity index (χ3v) is 2.46. The number of nitrogens with zero attached hydrogens (tertiary/aromatic N) is 1. The van der Waals surface area contributed by atoms with Crippen molar-refractivity contribution in [1.82, 2.24) is 10.3 Å². The molecule has 0 saturated heterocycles. The van der Waals surface area contributed by atoms with E-state index < -0.39 is 0 Å². The zero-order chi connectivity index (χ0) is 9.68. The van der Waals surface area contributed by atoms with Crippen molar-refractivity contribution in [2.45, 2.75) is 12.5 Å². The number of halogens is 1. The number of aromatic nitrogens is 1. The summed E-state index contributed by atoms with van der Waals surface area (Å²) < 4.78 is 0.990. The maximum Gasteiger partial charge on any atom is 0.0724 e. The first-order valence-electron chi connectivity index (χ1n) is 4.00. The van der Waals surface area contributed by atoms with Crippen LogP contribution in [-0.2, 0) is 0 Å². The lowest BCUT2D eigenvalue weighted by atomic mass is 10.1.